The fraction of sp³-hybridized carbons (Fsp3) is 0.630. The number of ether oxygens (including phenoxy) is 5. The molecule has 0 saturated carbocycles. The summed E-state index contributed by atoms with van der Waals surface area (Å²) in [6.45, 7) is 2.76. The Hall–Kier alpha value is -2.16. The van der Waals surface area contributed by atoms with Crippen LogP contribution in [0.5, 0.6) is 17.2 Å². The van der Waals surface area contributed by atoms with Crippen LogP contribution in [0.2, 0.25) is 0 Å². The van der Waals surface area contributed by atoms with Crippen LogP contribution in [-0.2, 0) is 34.5 Å². The number of carbonyl (C=O) groups excluding carboxylic acids is 2. The van der Waals surface area contributed by atoms with Crippen LogP contribution < -0.4 is 18.6 Å². The number of benzene rings is 1. The molecule has 4 aliphatic heterocycles. The summed E-state index contributed by atoms with van der Waals surface area (Å²) in [5, 5.41) is 0. The molecule has 1 aromatic rings. The molecular formula is C27H31Cl3N2O10S. The van der Waals surface area contributed by atoms with E-state index in [0.29, 0.717) is 37.2 Å². The molecule has 1 amide bonds. The third-order valence-corrected chi connectivity index (χ3v) is 10.1. The third kappa shape index (κ3) is 4.48. The van der Waals surface area contributed by atoms with Crippen molar-refractivity contribution in [3.63, 3.8) is 0 Å². The van der Waals surface area contributed by atoms with Crippen LogP contribution >= 0.6 is 34.8 Å². The highest BCUT2D eigenvalue weighted by molar-refractivity contribution is 7.86. The zero-order chi connectivity index (χ0) is 31.3. The van der Waals surface area contributed by atoms with Gasteiger partial charge in [0.2, 0.25) is 9.54 Å². The average Bonchev–Trinajstić information content (AvgIpc) is 3.55. The van der Waals surface area contributed by atoms with Crippen molar-refractivity contribution in [3.8, 4) is 17.2 Å². The molecule has 43 heavy (non-hydrogen) atoms. The number of piperidine rings is 1. The summed E-state index contributed by atoms with van der Waals surface area (Å²) in [6, 6.07) is 1.30. The second kappa shape index (κ2) is 10.2. The lowest BCUT2D eigenvalue weighted by molar-refractivity contribution is -0.137. The Morgan fingerprint density at radius 2 is 1.86 bits per heavy atom. The molecule has 1 aromatic carbocycles. The number of amides is 1. The molecule has 3 saturated heterocycles. The van der Waals surface area contributed by atoms with Crippen molar-refractivity contribution in [1.82, 2.24) is 4.90 Å². The first kappa shape index (κ1) is 30.8. The number of carbonyl (C=O) groups is 2. The smallest absolute Gasteiger partial charge is 0.419 e. The number of rotatable bonds is 7. The van der Waals surface area contributed by atoms with E-state index >= 15 is 0 Å². The maximum atomic E-state index is 14.1. The molecule has 4 heterocycles. The van der Waals surface area contributed by atoms with Crippen LogP contribution in [0.1, 0.15) is 31.7 Å². The zero-order valence-corrected chi connectivity index (χ0v) is 27.2. The Morgan fingerprint density at radius 1 is 1.16 bits per heavy atom. The minimum Gasteiger partial charge on any atom is -0.491 e. The van der Waals surface area contributed by atoms with Gasteiger partial charge >= 0.3 is 22.2 Å². The maximum Gasteiger partial charge on any atom is 0.419 e. The maximum absolute atomic E-state index is 14.1. The van der Waals surface area contributed by atoms with E-state index in [1.165, 1.54) is 26.2 Å². The Kier molecular flexibility index (Phi) is 7.30. The summed E-state index contributed by atoms with van der Waals surface area (Å²) in [6.07, 6.45) is 1.29. The minimum absolute atomic E-state index is 0.00174. The van der Waals surface area contributed by atoms with Crippen molar-refractivity contribution in [2.45, 2.75) is 53.6 Å². The zero-order valence-electron chi connectivity index (χ0n) is 24.1. The van der Waals surface area contributed by atoms with E-state index < -0.39 is 43.4 Å². The number of hydrogen-bond donors (Lipinski definition) is 0. The Labute approximate surface area is 264 Å². The Balaban J connectivity index is 1.71. The van der Waals surface area contributed by atoms with Crippen LogP contribution in [0.15, 0.2) is 17.3 Å². The SMILES string of the molecule is CC[C@@]12CC(C(=O)OC)=C3N(C(=O)OCC(Cl)(Cl)Cl)c4c(cc(OS(C)(=O)=O)c(OC)c4OC)[C@@]34CCN(C[C@H]3O[C@H]31)[C@@H]24. The van der Waals surface area contributed by atoms with Gasteiger partial charge in [0.15, 0.2) is 11.5 Å². The normalized spacial score (nSPS) is 30.6. The van der Waals surface area contributed by atoms with Crippen molar-refractivity contribution in [1.29, 1.82) is 0 Å². The summed E-state index contributed by atoms with van der Waals surface area (Å²) in [5.74, 6) is -0.825. The highest BCUT2D eigenvalue weighted by Gasteiger charge is 2.75. The van der Waals surface area contributed by atoms with Crippen LogP contribution in [0.3, 0.4) is 0 Å². The standard InChI is InChI=1S/C27H31Cl3N2O10S/c1-6-25-10-13(22(33)39-4)20-26(7-8-31(23(25)26)11-16-21(25)41-16)14-9-15(42-43(5,35)36)18(37-2)19(38-3)17(14)32(20)24(34)40-12-27(28,29)30/h9,16,21,23H,6-8,10-12H2,1-5H3/t16-,21-,23+,25-,26+/m1/s1. The van der Waals surface area contributed by atoms with E-state index in [1.54, 1.807) is 6.07 Å². The number of hydrogen-bond acceptors (Lipinski definition) is 11. The van der Waals surface area contributed by atoms with E-state index in [0.717, 1.165) is 6.26 Å². The number of epoxide rings is 1. The molecule has 0 radical (unpaired) electrons. The van der Waals surface area contributed by atoms with Crippen molar-refractivity contribution < 1.29 is 45.9 Å². The predicted molar refractivity (Wildman–Crippen MR) is 156 cm³/mol. The van der Waals surface area contributed by atoms with Crippen molar-refractivity contribution >= 4 is 62.7 Å². The monoisotopic (exact) mass is 680 g/mol. The van der Waals surface area contributed by atoms with Gasteiger partial charge in [-0.3, -0.25) is 4.90 Å². The largest absolute Gasteiger partial charge is 0.491 e. The molecular weight excluding hydrogens is 651 g/mol. The Bertz CT molecular complexity index is 1550. The summed E-state index contributed by atoms with van der Waals surface area (Å²) in [5.41, 5.74) is -0.221. The van der Waals surface area contributed by atoms with Crippen molar-refractivity contribution in [3.05, 3.63) is 22.9 Å². The van der Waals surface area contributed by atoms with Gasteiger partial charge in [-0.1, -0.05) is 41.7 Å². The number of alkyl halides is 3. The van der Waals surface area contributed by atoms with E-state index in [2.05, 4.69) is 11.8 Å². The number of halogens is 3. The van der Waals surface area contributed by atoms with Gasteiger partial charge in [0, 0.05) is 18.0 Å². The molecule has 0 N–H and O–H groups in total. The number of anilines is 1. The summed E-state index contributed by atoms with van der Waals surface area (Å²) >= 11 is 17.8. The molecule has 6 rings (SSSR count). The number of esters is 1. The summed E-state index contributed by atoms with van der Waals surface area (Å²) in [7, 11) is -0.0804. The quantitative estimate of drug-likeness (QED) is 0.181. The molecule has 3 fully saturated rings. The molecule has 236 valence electrons. The van der Waals surface area contributed by atoms with Gasteiger partial charge in [-0.2, -0.15) is 8.42 Å². The lowest BCUT2D eigenvalue weighted by atomic mass is 9.53. The lowest BCUT2D eigenvalue weighted by Crippen LogP contribution is -2.63. The van der Waals surface area contributed by atoms with Crippen molar-refractivity contribution in [2.75, 3.05) is 52.2 Å². The van der Waals surface area contributed by atoms with Crippen LogP contribution in [0, 0.1) is 5.41 Å². The third-order valence-electron chi connectivity index (χ3n) is 9.33. The molecule has 0 aromatic heterocycles. The molecule has 16 heteroatoms. The van der Waals surface area contributed by atoms with Crippen LogP contribution in [0.25, 0.3) is 0 Å². The van der Waals surface area contributed by atoms with E-state index in [1.807, 2.05) is 0 Å². The first-order valence-corrected chi connectivity index (χ1v) is 16.6. The predicted octanol–water partition coefficient (Wildman–Crippen LogP) is 3.69. The fourth-order valence-corrected chi connectivity index (χ4v) is 8.70. The van der Waals surface area contributed by atoms with E-state index in [-0.39, 0.29) is 53.2 Å². The van der Waals surface area contributed by atoms with Crippen LogP contribution in [-0.4, -0.2) is 94.7 Å². The summed E-state index contributed by atoms with van der Waals surface area (Å²) < 4.78 is 56.6. The first-order valence-electron chi connectivity index (χ1n) is 13.6. The highest BCUT2D eigenvalue weighted by Crippen LogP contribution is 2.71. The fourth-order valence-electron chi connectivity index (χ4n) is 8.08. The van der Waals surface area contributed by atoms with E-state index in [4.69, 9.17) is 62.7 Å². The molecule has 5 atom stereocenters. The average molecular weight is 682 g/mol. The van der Waals surface area contributed by atoms with Gasteiger partial charge in [0.05, 0.1) is 56.5 Å². The minimum atomic E-state index is -4.02. The molecule has 12 nitrogen and oxygen atoms in total. The lowest BCUT2D eigenvalue weighted by Gasteiger charge is -2.54. The van der Waals surface area contributed by atoms with Gasteiger partial charge in [-0.05, 0) is 37.4 Å². The topological polar surface area (TPSA) is 133 Å². The first-order chi connectivity index (χ1) is 20.2. The molecule has 1 spiro atoms. The van der Waals surface area contributed by atoms with Crippen molar-refractivity contribution in [2.24, 2.45) is 5.41 Å². The van der Waals surface area contributed by atoms with Gasteiger partial charge < -0.3 is 27.9 Å². The number of nitrogens with zero attached hydrogens (tertiary/aromatic N) is 2. The number of fused-ring (bicyclic) bond motifs is 3. The second-order valence-electron chi connectivity index (χ2n) is 11.4. The van der Waals surface area contributed by atoms with Gasteiger partial charge in [0.25, 0.3) is 0 Å². The van der Waals surface area contributed by atoms with Gasteiger partial charge in [0.1, 0.15) is 12.3 Å². The molecule has 5 aliphatic rings. The second-order valence-corrected chi connectivity index (χ2v) is 15.5. The highest BCUT2D eigenvalue weighted by atomic mass is 35.6. The number of methoxy groups -OCH3 is 3. The van der Waals surface area contributed by atoms with Crippen LogP contribution in [0.4, 0.5) is 10.5 Å². The molecule has 0 unspecified atom stereocenters. The molecule has 0 bridgehead atoms. The summed E-state index contributed by atoms with van der Waals surface area (Å²) in [4.78, 5) is 31.3. The van der Waals surface area contributed by atoms with Gasteiger partial charge in [-0.25, -0.2) is 14.5 Å². The Morgan fingerprint density at radius 3 is 2.44 bits per heavy atom. The van der Waals surface area contributed by atoms with E-state index in [9.17, 15) is 18.0 Å². The van der Waals surface area contributed by atoms with Gasteiger partial charge in [-0.15, -0.1) is 0 Å². The molecule has 1 aliphatic carbocycles.